The molecule has 1 amide bonds. The first kappa shape index (κ1) is 14.1. The number of hydrogen-bond acceptors (Lipinski definition) is 4. The van der Waals surface area contributed by atoms with Gasteiger partial charge in [0, 0.05) is 24.5 Å². The largest absolute Gasteiger partial charge is 0.384 e. The summed E-state index contributed by atoms with van der Waals surface area (Å²) in [6.07, 6.45) is 0. The Bertz CT molecular complexity index is 525. The highest BCUT2D eigenvalue weighted by Crippen LogP contribution is 2.24. The van der Waals surface area contributed by atoms with Crippen LogP contribution >= 0.6 is 11.3 Å². The predicted molar refractivity (Wildman–Crippen MR) is 75.8 cm³/mol. The molecule has 0 atom stereocenters. The summed E-state index contributed by atoms with van der Waals surface area (Å²) in [5.41, 5.74) is -0.473. The smallest absolute Gasteiger partial charge is 0.240 e. The quantitative estimate of drug-likeness (QED) is 0.787. The Hall–Kier alpha value is -1.35. The number of aliphatic hydroxyl groups is 1. The molecule has 2 N–H and O–H groups in total. The fourth-order valence-corrected chi connectivity index (χ4v) is 2.96. The molecule has 1 saturated heterocycles. The van der Waals surface area contributed by atoms with E-state index in [1.165, 1.54) is 4.88 Å². The van der Waals surface area contributed by atoms with Gasteiger partial charge in [0.05, 0.1) is 10.4 Å². The lowest BCUT2D eigenvalue weighted by Crippen LogP contribution is -2.61. The van der Waals surface area contributed by atoms with Crippen molar-refractivity contribution in [1.82, 2.24) is 10.2 Å². The van der Waals surface area contributed by atoms with E-state index < -0.39 is 5.54 Å². The summed E-state index contributed by atoms with van der Waals surface area (Å²) in [7, 11) is 0. The van der Waals surface area contributed by atoms with Gasteiger partial charge in [-0.1, -0.05) is 11.8 Å². The Morgan fingerprint density at radius 1 is 1.53 bits per heavy atom. The Morgan fingerprint density at radius 2 is 2.32 bits per heavy atom. The molecular weight excluding hydrogens is 260 g/mol. The Morgan fingerprint density at radius 3 is 3.05 bits per heavy atom. The maximum absolute atomic E-state index is 11.9. The molecule has 0 saturated carbocycles. The van der Waals surface area contributed by atoms with Crippen LogP contribution in [0.3, 0.4) is 0 Å². The summed E-state index contributed by atoms with van der Waals surface area (Å²) < 4.78 is 0. The van der Waals surface area contributed by atoms with Crippen molar-refractivity contribution < 1.29 is 9.90 Å². The van der Waals surface area contributed by atoms with Gasteiger partial charge in [-0.3, -0.25) is 9.69 Å². The van der Waals surface area contributed by atoms with Crippen molar-refractivity contribution in [2.75, 3.05) is 19.7 Å². The van der Waals surface area contributed by atoms with Crippen LogP contribution in [0.15, 0.2) is 12.1 Å². The van der Waals surface area contributed by atoms with Crippen molar-refractivity contribution in [1.29, 1.82) is 0 Å². The fraction of sp³-hybridized carbons (Fsp3) is 0.500. The van der Waals surface area contributed by atoms with E-state index >= 15 is 0 Å². The number of amides is 1. The van der Waals surface area contributed by atoms with Crippen molar-refractivity contribution in [3.05, 3.63) is 21.9 Å². The second-order valence-corrected chi connectivity index (χ2v) is 6.13. The van der Waals surface area contributed by atoms with E-state index in [-0.39, 0.29) is 12.5 Å². The average molecular weight is 278 g/mol. The van der Waals surface area contributed by atoms with Crippen molar-refractivity contribution >= 4 is 17.2 Å². The van der Waals surface area contributed by atoms with Gasteiger partial charge in [0.2, 0.25) is 5.91 Å². The second-order valence-electron chi connectivity index (χ2n) is 4.96. The van der Waals surface area contributed by atoms with E-state index in [0.29, 0.717) is 6.54 Å². The molecule has 0 radical (unpaired) electrons. The van der Waals surface area contributed by atoms with Gasteiger partial charge >= 0.3 is 0 Å². The summed E-state index contributed by atoms with van der Waals surface area (Å²) in [5, 5.41) is 11.6. The lowest BCUT2D eigenvalue weighted by molar-refractivity contribution is -0.135. The molecule has 2 heterocycles. The summed E-state index contributed by atoms with van der Waals surface area (Å²) in [5.74, 6) is 5.62. The van der Waals surface area contributed by atoms with Crippen molar-refractivity contribution in [3.63, 3.8) is 0 Å². The van der Waals surface area contributed by atoms with Crippen molar-refractivity contribution in [2.24, 2.45) is 0 Å². The van der Waals surface area contributed by atoms with Crippen LogP contribution in [0.4, 0.5) is 0 Å². The van der Waals surface area contributed by atoms with Crippen molar-refractivity contribution in [2.45, 2.75) is 25.9 Å². The van der Waals surface area contributed by atoms with Crippen LogP contribution in [0.2, 0.25) is 0 Å². The van der Waals surface area contributed by atoms with Gasteiger partial charge in [0.1, 0.15) is 6.61 Å². The minimum absolute atomic E-state index is 0.0793. The maximum Gasteiger partial charge on any atom is 0.240 e. The molecule has 1 aromatic rings. The number of rotatable bonds is 2. The van der Waals surface area contributed by atoms with Gasteiger partial charge in [0.15, 0.2) is 0 Å². The number of nitrogens with zero attached hydrogens (tertiary/aromatic N) is 1. The van der Waals surface area contributed by atoms with Crippen LogP contribution in [-0.4, -0.2) is 41.1 Å². The molecule has 5 heteroatoms. The fourth-order valence-electron chi connectivity index (χ4n) is 2.07. The van der Waals surface area contributed by atoms with Crippen LogP contribution in [0, 0.1) is 11.8 Å². The number of aliphatic hydroxyl groups excluding tert-OH is 1. The third-order valence-corrected chi connectivity index (χ3v) is 4.30. The highest BCUT2D eigenvalue weighted by molar-refractivity contribution is 7.12. The van der Waals surface area contributed by atoms with Gasteiger partial charge in [-0.2, -0.15) is 0 Å². The Balaban J connectivity index is 2.08. The van der Waals surface area contributed by atoms with Crippen LogP contribution in [0.25, 0.3) is 0 Å². The normalized spacial score (nSPS) is 18.6. The lowest BCUT2D eigenvalue weighted by Gasteiger charge is -2.40. The third-order valence-electron chi connectivity index (χ3n) is 3.31. The summed E-state index contributed by atoms with van der Waals surface area (Å²) in [6, 6.07) is 3.99. The number of piperazine rings is 1. The van der Waals surface area contributed by atoms with E-state index in [4.69, 9.17) is 5.11 Å². The molecule has 102 valence electrons. The van der Waals surface area contributed by atoms with E-state index in [9.17, 15) is 4.79 Å². The standard InChI is InChI=1S/C14H18N2O2S/c1-14(2)13(18)15-7-8-16(14)10-12-6-5-11(19-12)4-3-9-17/h5-6,17H,7-10H2,1-2H3,(H,15,18). The van der Waals surface area contributed by atoms with E-state index in [2.05, 4.69) is 22.1 Å². The number of thiophene rings is 1. The van der Waals surface area contributed by atoms with E-state index in [1.54, 1.807) is 11.3 Å². The first-order valence-corrected chi connectivity index (χ1v) is 7.07. The summed E-state index contributed by atoms with van der Waals surface area (Å²) in [4.78, 5) is 16.2. The van der Waals surface area contributed by atoms with E-state index in [0.717, 1.165) is 18.0 Å². The topological polar surface area (TPSA) is 52.6 Å². The summed E-state index contributed by atoms with van der Waals surface area (Å²) in [6.45, 7) is 6.08. The minimum Gasteiger partial charge on any atom is -0.384 e. The highest BCUT2D eigenvalue weighted by Gasteiger charge is 2.37. The number of nitrogens with one attached hydrogen (secondary N) is 1. The monoisotopic (exact) mass is 278 g/mol. The van der Waals surface area contributed by atoms with Crippen LogP contribution in [-0.2, 0) is 11.3 Å². The van der Waals surface area contributed by atoms with Crippen molar-refractivity contribution in [3.8, 4) is 11.8 Å². The van der Waals surface area contributed by atoms with Gasteiger partial charge in [-0.15, -0.1) is 11.3 Å². The number of carbonyl (C=O) groups is 1. The molecule has 0 aromatic carbocycles. The first-order chi connectivity index (χ1) is 9.04. The SMILES string of the molecule is CC1(C)C(=O)NCCN1Cc1ccc(C#CCO)s1. The lowest BCUT2D eigenvalue weighted by atomic mass is 9.99. The highest BCUT2D eigenvalue weighted by atomic mass is 32.1. The van der Waals surface area contributed by atoms with Gasteiger partial charge < -0.3 is 10.4 Å². The predicted octanol–water partition coefficient (Wildman–Crippen LogP) is 0.802. The first-order valence-electron chi connectivity index (χ1n) is 6.26. The molecule has 0 bridgehead atoms. The molecule has 1 fully saturated rings. The van der Waals surface area contributed by atoms with Gasteiger partial charge in [-0.25, -0.2) is 0 Å². The molecule has 4 nitrogen and oxygen atoms in total. The molecule has 0 aliphatic carbocycles. The molecule has 0 unspecified atom stereocenters. The average Bonchev–Trinajstić information content (AvgIpc) is 2.81. The summed E-state index contributed by atoms with van der Waals surface area (Å²) >= 11 is 1.61. The van der Waals surface area contributed by atoms with E-state index in [1.807, 2.05) is 26.0 Å². The zero-order valence-electron chi connectivity index (χ0n) is 11.2. The van der Waals surface area contributed by atoms with Gasteiger partial charge in [0.25, 0.3) is 0 Å². The molecule has 0 spiro atoms. The van der Waals surface area contributed by atoms with Crippen LogP contribution in [0.1, 0.15) is 23.6 Å². The van der Waals surface area contributed by atoms with Crippen LogP contribution < -0.4 is 5.32 Å². The zero-order valence-corrected chi connectivity index (χ0v) is 12.0. The third kappa shape index (κ3) is 3.16. The number of carbonyl (C=O) groups excluding carboxylic acids is 1. The van der Waals surface area contributed by atoms with Crippen LogP contribution in [0.5, 0.6) is 0 Å². The molecule has 1 aliphatic heterocycles. The molecular formula is C14H18N2O2S. The Labute approximate surface area is 117 Å². The molecule has 1 aliphatic rings. The molecule has 2 rings (SSSR count). The maximum atomic E-state index is 11.9. The molecule has 1 aromatic heterocycles. The number of hydrogen-bond donors (Lipinski definition) is 2. The zero-order chi connectivity index (χ0) is 13.9. The Kier molecular flexibility index (Phi) is 4.25. The van der Waals surface area contributed by atoms with Gasteiger partial charge in [-0.05, 0) is 26.0 Å². The minimum atomic E-state index is -0.473. The molecule has 19 heavy (non-hydrogen) atoms. The second kappa shape index (κ2) is 5.74.